The SMILES string of the molecule is c1ccc(-c2ccccc2N(c2ccc3ccccc3c2)c2ccccc2-c2cccc3c4ccc5oc6ccccc6c5c4c4ccccc4c23)cc1. The van der Waals surface area contributed by atoms with E-state index in [0.29, 0.717) is 0 Å². The van der Waals surface area contributed by atoms with Gasteiger partial charge in [-0.25, -0.2) is 0 Å². The predicted molar refractivity (Wildman–Crippen MR) is 229 cm³/mol. The zero-order valence-corrected chi connectivity index (χ0v) is 29.4. The van der Waals surface area contributed by atoms with E-state index in [1.807, 2.05) is 6.07 Å². The van der Waals surface area contributed by atoms with Gasteiger partial charge in [0, 0.05) is 33.0 Å². The summed E-state index contributed by atoms with van der Waals surface area (Å²) in [4.78, 5) is 2.45. The van der Waals surface area contributed by atoms with Gasteiger partial charge in [0.15, 0.2) is 0 Å². The van der Waals surface area contributed by atoms with E-state index >= 15 is 0 Å². The zero-order chi connectivity index (χ0) is 35.6. The van der Waals surface area contributed by atoms with E-state index in [9.17, 15) is 0 Å². The molecule has 1 heterocycles. The van der Waals surface area contributed by atoms with Crippen LogP contribution in [0.15, 0.2) is 205 Å². The molecule has 2 nitrogen and oxygen atoms in total. The summed E-state index contributed by atoms with van der Waals surface area (Å²) >= 11 is 0. The van der Waals surface area contributed by atoms with E-state index < -0.39 is 0 Å². The fourth-order valence-electron chi connectivity index (χ4n) is 8.68. The zero-order valence-electron chi connectivity index (χ0n) is 29.4. The van der Waals surface area contributed by atoms with Crippen molar-refractivity contribution in [1.29, 1.82) is 0 Å². The molecule has 11 aromatic rings. The number of rotatable bonds is 5. The van der Waals surface area contributed by atoms with Crippen molar-refractivity contribution in [3.05, 3.63) is 200 Å². The van der Waals surface area contributed by atoms with Crippen molar-refractivity contribution in [1.82, 2.24) is 0 Å². The number of hydrogen-bond donors (Lipinski definition) is 0. The summed E-state index contributed by atoms with van der Waals surface area (Å²) in [5.41, 5.74) is 9.88. The van der Waals surface area contributed by atoms with E-state index in [4.69, 9.17) is 4.42 Å². The molecule has 0 saturated carbocycles. The van der Waals surface area contributed by atoms with E-state index in [1.165, 1.54) is 70.7 Å². The molecule has 0 N–H and O–H groups in total. The molecular formula is C52H33NO. The molecule has 54 heavy (non-hydrogen) atoms. The van der Waals surface area contributed by atoms with Crippen LogP contribution in [-0.2, 0) is 0 Å². The van der Waals surface area contributed by atoms with Gasteiger partial charge in [0.2, 0.25) is 0 Å². The highest BCUT2D eigenvalue weighted by Crippen LogP contribution is 2.49. The lowest BCUT2D eigenvalue weighted by atomic mass is 9.87. The van der Waals surface area contributed by atoms with Crippen molar-refractivity contribution in [3.63, 3.8) is 0 Å². The Labute approximate surface area is 312 Å². The highest BCUT2D eigenvalue weighted by Gasteiger charge is 2.23. The number of hydrogen-bond acceptors (Lipinski definition) is 2. The second-order valence-electron chi connectivity index (χ2n) is 14.0. The Morgan fingerprint density at radius 3 is 1.70 bits per heavy atom. The first kappa shape index (κ1) is 30.5. The first-order valence-electron chi connectivity index (χ1n) is 18.5. The highest BCUT2D eigenvalue weighted by atomic mass is 16.3. The van der Waals surface area contributed by atoms with Crippen LogP contribution in [0.3, 0.4) is 0 Å². The molecule has 0 aliphatic rings. The van der Waals surface area contributed by atoms with Gasteiger partial charge in [-0.1, -0.05) is 158 Å². The van der Waals surface area contributed by atoms with Crippen LogP contribution < -0.4 is 4.90 Å². The van der Waals surface area contributed by atoms with Crippen LogP contribution in [0.1, 0.15) is 0 Å². The van der Waals surface area contributed by atoms with Crippen LogP contribution in [0.5, 0.6) is 0 Å². The fraction of sp³-hybridized carbons (Fsp3) is 0. The molecule has 0 fully saturated rings. The van der Waals surface area contributed by atoms with Crippen LogP contribution in [0.2, 0.25) is 0 Å². The molecule has 10 aromatic carbocycles. The van der Waals surface area contributed by atoms with E-state index in [-0.39, 0.29) is 0 Å². The lowest BCUT2D eigenvalue weighted by molar-refractivity contribution is 0.669. The summed E-state index contributed by atoms with van der Waals surface area (Å²) in [7, 11) is 0. The van der Waals surface area contributed by atoms with Gasteiger partial charge in [0.05, 0.1) is 11.4 Å². The Balaban J connectivity index is 1.23. The molecule has 0 unspecified atom stereocenters. The molecule has 0 aliphatic heterocycles. The molecule has 1 aromatic heterocycles. The van der Waals surface area contributed by atoms with Crippen LogP contribution in [0.25, 0.3) is 87.3 Å². The van der Waals surface area contributed by atoms with E-state index in [2.05, 4.69) is 199 Å². The lowest BCUT2D eigenvalue weighted by Gasteiger charge is -2.30. The van der Waals surface area contributed by atoms with Crippen molar-refractivity contribution in [2.75, 3.05) is 4.90 Å². The number of benzene rings is 10. The Morgan fingerprint density at radius 1 is 0.315 bits per heavy atom. The molecule has 0 amide bonds. The van der Waals surface area contributed by atoms with Gasteiger partial charge < -0.3 is 9.32 Å². The molecule has 0 spiro atoms. The van der Waals surface area contributed by atoms with Gasteiger partial charge in [-0.15, -0.1) is 0 Å². The molecule has 2 heteroatoms. The fourth-order valence-corrected chi connectivity index (χ4v) is 8.68. The van der Waals surface area contributed by atoms with Gasteiger partial charge in [-0.2, -0.15) is 0 Å². The van der Waals surface area contributed by atoms with Gasteiger partial charge in [0.25, 0.3) is 0 Å². The third kappa shape index (κ3) is 4.67. The monoisotopic (exact) mass is 687 g/mol. The molecule has 0 atom stereocenters. The van der Waals surface area contributed by atoms with Crippen molar-refractivity contribution in [2.24, 2.45) is 0 Å². The number of anilines is 3. The molecule has 0 aliphatic carbocycles. The Bertz CT molecular complexity index is 3200. The molecule has 252 valence electrons. The Kier molecular flexibility index (Phi) is 6.90. The number of fused-ring (bicyclic) bond motifs is 11. The smallest absolute Gasteiger partial charge is 0.136 e. The molecule has 0 saturated heterocycles. The van der Waals surface area contributed by atoms with Gasteiger partial charge >= 0.3 is 0 Å². The second-order valence-corrected chi connectivity index (χ2v) is 14.0. The van der Waals surface area contributed by atoms with Crippen molar-refractivity contribution >= 4 is 82.1 Å². The van der Waals surface area contributed by atoms with E-state index in [1.54, 1.807) is 0 Å². The third-order valence-electron chi connectivity index (χ3n) is 11.0. The molecule has 0 bridgehead atoms. The normalized spacial score (nSPS) is 11.7. The standard InChI is InChI=1S/C52H33NO/c1-2-16-35(17-3-1)38-19-8-11-26-46(38)53(37-30-29-34-15-4-5-18-36(34)33-37)47-27-12-9-20-39(47)40-24-14-25-42-44-31-32-49-52(45-23-10-13-28-48(45)54-49)51(44)43-22-7-6-21-41(43)50(40)42/h1-33H. The summed E-state index contributed by atoms with van der Waals surface area (Å²) < 4.78 is 6.40. The second kappa shape index (κ2) is 12.2. The summed E-state index contributed by atoms with van der Waals surface area (Å²) in [5.74, 6) is 0. The molecule has 11 rings (SSSR count). The van der Waals surface area contributed by atoms with Crippen LogP contribution in [-0.4, -0.2) is 0 Å². The first-order chi connectivity index (χ1) is 26.8. The van der Waals surface area contributed by atoms with Crippen LogP contribution >= 0.6 is 0 Å². The van der Waals surface area contributed by atoms with Gasteiger partial charge in [0.1, 0.15) is 11.2 Å². The lowest BCUT2D eigenvalue weighted by Crippen LogP contribution is -2.12. The van der Waals surface area contributed by atoms with Crippen molar-refractivity contribution in [2.45, 2.75) is 0 Å². The number of para-hydroxylation sites is 3. The average molecular weight is 688 g/mol. The molecule has 0 radical (unpaired) electrons. The van der Waals surface area contributed by atoms with E-state index in [0.717, 1.165) is 33.6 Å². The van der Waals surface area contributed by atoms with Crippen LogP contribution in [0, 0.1) is 0 Å². The van der Waals surface area contributed by atoms with Crippen molar-refractivity contribution < 1.29 is 4.42 Å². The summed E-state index contributed by atoms with van der Waals surface area (Å²) in [6.45, 7) is 0. The minimum Gasteiger partial charge on any atom is -0.456 e. The maximum Gasteiger partial charge on any atom is 0.136 e. The van der Waals surface area contributed by atoms with Gasteiger partial charge in [-0.05, 0) is 91.3 Å². The number of nitrogens with zero attached hydrogens (tertiary/aromatic N) is 1. The highest BCUT2D eigenvalue weighted by molar-refractivity contribution is 6.36. The average Bonchev–Trinajstić information content (AvgIpc) is 3.63. The van der Waals surface area contributed by atoms with Crippen molar-refractivity contribution in [3.8, 4) is 22.3 Å². The largest absolute Gasteiger partial charge is 0.456 e. The Hall–Kier alpha value is -7.16. The summed E-state index contributed by atoms with van der Waals surface area (Å²) in [6, 6.07) is 72.3. The minimum absolute atomic E-state index is 0.913. The number of furan rings is 1. The van der Waals surface area contributed by atoms with Gasteiger partial charge in [-0.3, -0.25) is 0 Å². The first-order valence-corrected chi connectivity index (χ1v) is 18.5. The third-order valence-corrected chi connectivity index (χ3v) is 11.0. The summed E-state index contributed by atoms with van der Waals surface area (Å²) in [5, 5.41) is 12.1. The maximum absolute atomic E-state index is 6.40. The molecular weight excluding hydrogens is 655 g/mol. The topological polar surface area (TPSA) is 16.4 Å². The minimum atomic E-state index is 0.913. The maximum atomic E-state index is 6.40. The predicted octanol–water partition coefficient (Wildman–Crippen LogP) is 15.0. The quantitative estimate of drug-likeness (QED) is 0.168. The Morgan fingerprint density at radius 2 is 0.889 bits per heavy atom. The van der Waals surface area contributed by atoms with Crippen LogP contribution in [0.4, 0.5) is 17.1 Å². The summed E-state index contributed by atoms with van der Waals surface area (Å²) in [6.07, 6.45) is 0.